The standard InChI is InChI=1S/C11H18N2OS2/c1-5-6-13(3)11-10(15-4)8(12)9(16-11)7(2)14/h5-6,12H2,1-4H3. The first kappa shape index (κ1) is 13.4. The van der Waals surface area contributed by atoms with Crippen LogP contribution in [0.25, 0.3) is 0 Å². The molecule has 0 saturated carbocycles. The Morgan fingerprint density at radius 3 is 2.62 bits per heavy atom. The highest BCUT2D eigenvalue weighted by atomic mass is 32.2. The number of nitrogens with two attached hydrogens (primary N) is 1. The van der Waals surface area contributed by atoms with Crippen molar-refractivity contribution in [2.24, 2.45) is 0 Å². The van der Waals surface area contributed by atoms with Gasteiger partial charge in [0.25, 0.3) is 0 Å². The van der Waals surface area contributed by atoms with E-state index in [2.05, 4.69) is 11.8 Å². The topological polar surface area (TPSA) is 46.3 Å². The van der Waals surface area contributed by atoms with Crippen LogP contribution >= 0.6 is 23.1 Å². The second-order valence-corrected chi connectivity index (χ2v) is 5.48. The number of thioether (sulfide) groups is 1. The number of carbonyl (C=O) groups excluding carboxylic acids is 1. The van der Waals surface area contributed by atoms with Gasteiger partial charge in [0.1, 0.15) is 5.00 Å². The van der Waals surface area contributed by atoms with Gasteiger partial charge in [-0.25, -0.2) is 0 Å². The van der Waals surface area contributed by atoms with E-state index in [1.807, 2.05) is 13.3 Å². The van der Waals surface area contributed by atoms with Gasteiger partial charge in [-0.15, -0.1) is 23.1 Å². The molecule has 1 aromatic heterocycles. The summed E-state index contributed by atoms with van der Waals surface area (Å²) >= 11 is 3.10. The molecule has 0 fully saturated rings. The van der Waals surface area contributed by atoms with Crippen LogP contribution in [0.4, 0.5) is 10.7 Å². The largest absolute Gasteiger partial charge is 0.396 e. The first-order valence-electron chi connectivity index (χ1n) is 5.21. The molecule has 0 bridgehead atoms. The van der Waals surface area contributed by atoms with E-state index >= 15 is 0 Å². The SMILES string of the molecule is CCCN(C)c1sc(C(C)=O)c(N)c1SC. The molecular weight excluding hydrogens is 240 g/mol. The first-order valence-corrected chi connectivity index (χ1v) is 7.25. The Bertz CT molecular complexity index is 388. The molecule has 1 heterocycles. The number of anilines is 2. The van der Waals surface area contributed by atoms with E-state index in [0.717, 1.165) is 22.9 Å². The zero-order valence-electron chi connectivity index (χ0n) is 10.2. The van der Waals surface area contributed by atoms with E-state index in [0.29, 0.717) is 10.6 Å². The van der Waals surface area contributed by atoms with E-state index in [4.69, 9.17) is 5.73 Å². The number of carbonyl (C=O) groups is 1. The molecule has 0 aliphatic carbocycles. The summed E-state index contributed by atoms with van der Waals surface area (Å²) < 4.78 is 0. The van der Waals surface area contributed by atoms with Crippen molar-refractivity contribution < 1.29 is 4.79 Å². The zero-order chi connectivity index (χ0) is 12.3. The van der Waals surface area contributed by atoms with Crippen LogP contribution in [0.15, 0.2) is 4.90 Å². The highest BCUT2D eigenvalue weighted by Crippen LogP contribution is 2.43. The number of thiophene rings is 1. The van der Waals surface area contributed by atoms with Gasteiger partial charge in [-0.05, 0) is 12.7 Å². The second kappa shape index (κ2) is 5.59. The van der Waals surface area contributed by atoms with Gasteiger partial charge in [-0.3, -0.25) is 4.79 Å². The van der Waals surface area contributed by atoms with Crippen LogP contribution in [-0.2, 0) is 0 Å². The van der Waals surface area contributed by atoms with Crippen LogP contribution in [0.2, 0.25) is 0 Å². The minimum absolute atomic E-state index is 0.0500. The predicted molar refractivity (Wildman–Crippen MR) is 74.1 cm³/mol. The zero-order valence-corrected chi connectivity index (χ0v) is 11.8. The third kappa shape index (κ3) is 2.52. The highest BCUT2D eigenvalue weighted by molar-refractivity contribution is 7.99. The summed E-state index contributed by atoms with van der Waals surface area (Å²) in [5, 5.41) is 1.11. The van der Waals surface area contributed by atoms with Crippen molar-refractivity contribution in [2.75, 3.05) is 30.5 Å². The Labute approximate surface area is 105 Å². The molecule has 0 unspecified atom stereocenters. The maximum absolute atomic E-state index is 11.4. The summed E-state index contributed by atoms with van der Waals surface area (Å²) in [5.74, 6) is 0.0500. The van der Waals surface area contributed by atoms with Gasteiger partial charge in [-0.1, -0.05) is 6.92 Å². The molecule has 5 heteroatoms. The summed E-state index contributed by atoms with van der Waals surface area (Å²) in [6, 6.07) is 0. The van der Waals surface area contributed by atoms with Gasteiger partial charge in [-0.2, -0.15) is 0 Å². The normalized spacial score (nSPS) is 10.5. The molecule has 1 rings (SSSR count). The van der Waals surface area contributed by atoms with Crippen LogP contribution in [0.5, 0.6) is 0 Å². The number of hydrogen-bond donors (Lipinski definition) is 1. The fourth-order valence-electron chi connectivity index (χ4n) is 1.56. The molecule has 0 saturated heterocycles. The monoisotopic (exact) mass is 258 g/mol. The number of Topliss-reactive ketones (excluding diaryl/α,β-unsaturated/α-hetero) is 1. The first-order chi connectivity index (χ1) is 7.52. The van der Waals surface area contributed by atoms with E-state index in [1.165, 1.54) is 11.3 Å². The van der Waals surface area contributed by atoms with Gasteiger partial charge >= 0.3 is 0 Å². The Balaban J connectivity index is 3.18. The van der Waals surface area contributed by atoms with Crippen molar-refractivity contribution in [3.05, 3.63) is 4.88 Å². The summed E-state index contributed by atoms with van der Waals surface area (Å²) in [6.07, 6.45) is 3.07. The molecule has 3 nitrogen and oxygen atoms in total. The van der Waals surface area contributed by atoms with Gasteiger partial charge in [0.15, 0.2) is 5.78 Å². The molecule has 90 valence electrons. The quantitative estimate of drug-likeness (QED) is 0.651. The lowest BCUT2D eigenvalue weighted by molar-refractivity contribution is 0.102. The maximum atomic E-state index is 11.4. The third-order valence-corrected chi connectivity index (χ3v) is 4.68. The molecule has 2 N–H and O–H groups in total. The third-order valence-electron chi connectivity index (χ3n) is 2.31. The van der Waals surface area contributed by atoms with Gasteiger partial charge in [0.2, 0.25) is 0 Å². The minimum atomic E-state index is 0.0500. The van der Waals surface area contributed by atoms with Crippen molar-refractivity contribution in [3.8, 4) is 0 Å². The van der Waals surface area contributed by atoms with Crippen LogP contribution in [0.3, 0.4) is 0 Å². The van der Waals surface area contributed by atoms with Crippen LogP contribution in [0.1, 0.15) is 29.9 Å². The number of nitrogen functional groups attached to an aromatic ring is 1. The fourth-order valence-corrected chi connectivity index (χ4v) is 3.65. The Morgan fingerprint density at radius 2 is 2.19 bits per heavy atom. The fraction of sp³-hybridized carbons (Fsp3) is 0.545. The molecule has 0 aromatic carbocycles. The Kier molecular flexibility index (Phi) is 4.68. The van der Waals surface area contributed by atoms with E-state index in [1.54, 1.807) is 18.7 Å². The molecule has 0 amide bonds. The van der Waals surface area contributed by atoms with Crippen LogP contribution in [-0.4, -0.2) is 25.6 Å². The molecule has 0 radical (unpaired) electrons. The van der Waals surface area contributed by atoms with E-state index in [-0.39, 0.29) is 5.78 Å². The van der Waals surface area contributed by atoms with Crippen LogP contribution in [0, 0.1) is 0 Å². The van der Waals surface area contributed by atoms with Crippen molar-refractivity contribution in [3.63, 3.8) is 0 Å². The predicted octanol–water partition coefficient (Wildman–Crippen LogP) is 3.10. The lowest BCUT2D eigenvalue weighted by Gasteiger charge is -2.17. The second-order valence-electron chi connectivity index (χ2n) is 3.66. The summed E-state index contributed by atoms with van der Waals surface area (Å²) in [5.41, 5.74) is 6.63. The molecule has 1 aromatic rings. The van der Waals surface area contributed by atoms with E-state index < -0.39 is 0 Å². The average Bonchev–Trinajstić information content (AvgIpc) is 2.55. The molecule has 0 aliphatic heterocycles. The van der Waals surface area contributed by atoms with Crippen LogP contribution < -0.4 is 10.6 Å². The number of hydrogen-bond acceptors (Lipinski definition) is 5. The number of rotatable bonds is 5. The van der Waals surface area contributed by atoms with Crippen molar-refractivity contribution in [1.29, 1.82) is 0 Å². The molecular formula is C11H18N2OS2. The van der Waals surface area contributed by atoms with Gasteiger partial charge in [0.05, 0.1) is 15.5 Å². The van der Waals surface area contributed by atoms with Gasteiger partial charge in [0, 0.05) is 20.5 Å². The average molecular weight is 258 g/mol. The smallest absolute Gasteiger partial charge is 0.171 e. The summed E-state index contributed by atoms with van der Waals surface area (Å²) in [4.78, 5) is 15.3. The van der Waals surface area contributed by atoms with Crippen molar-refractivity contribution in [1.82, 2.24) is 0 Å². The minimum Gasteiger partial charge on any atom is -0.396 e. The lowest BCUT2D eigenvalue weighted by atomic mass is 10.3. The molecule has 0 aliphatic rings. The number of nitrogens with zero attached hydrogens (tertiary/aromatic N) is 1. The Hall–Kier alpha value is -0.680. The Morgan fingerprint density at radius 1 is 1.56 bits per heavy atom. The number of ketones is 1. The van der Waals surface area contributed by atoms with E-state index in [9.17, 15) is 4.79 Å². The molecule has 16 heavy (non-hydrogen) atoms. The summed E-state index contributed by atoms with van der Waals surface area (Å²) in [6.45, 7) is 4.68. The highest BCUT2D eigenvalue weighted by Gasteiger charge is 2.20. The van der Waals surface area contributed by atoms with Crippen molar-refractivity contribution >= 4 is 39.6 Å². The maximum Gasteiger partial charge on any atom is 0.171 e. The van der Waals surface area contributed by atoms with Gasteiger partial charge < -0.3 is 10.6 Å². The lowest BCUT2D eigenvalue weighted by Crippen LogP contribution is -2.17. The molecule has 0 spiro atoms. The summed E-state index contributed by atoms with van der Waals surface area (Å²) in [7, 11) is 2.04. The van der Waals surface area contributed by atoms with Crippen molar-refractivity contribution in [2.45, 2.75) is 25.2 Å². The molecule has 0 atom stereocenters.